The summed E-state index contributed by atoms with van der Waals surface area (Å²) in [6, 6.07) is 9.52. The highest BCUT2D eigenvalue weighted by molar-refractivity contribution is 7.20. The average molecular weight is 427 g/mol. The van der Waals surface area contributed by atoms with E-state index in [0.29, 0.717) is 33.7 Å². The third-order valence-electron chi connectivity index (χ3n) is 5.19. The van der Waals surface area contributed by atoms with Gasteiger partial charge in [-0.2, -0.15) is 0 Å². The molecule has 0 fully saturated rings. The average Bonchev–Trinajstić information content (AvgIpc) is 3.09. The van der Waals surface area contributed by atoms with Crippen molar-refractivity contribution in [1.29, 1.82) is 0 Å². The van der Waals surface area contributed by atoms with Crippen LogP contribution >= 0.6 is 11.3 Å². The second-order valence-corrected chi connectivity index (χ2v) is 8.08. The number of likely N-dealkylation sites (N-methyl/N-ethyl adjacent to an activating group) is 1. The van der Waals surface area contributed by atoms with E-state index in [2.05, 4.69) is 10.3 Å². The molecule has 0 aliphatic heterocycles. The van der Waals surface area contributed by atoms with Crippen molar-refractivity contribution < 1.29 is 9.59 Å². The summed E-state index contributed by atoms with van der Waals surface area (Å²) in [5.41, 5.74) is 1.29. The Hall–Kier alpha value is -3.00. The lowest BCUT2D eigenvalue weighted by Gasteiger charge is -2.18. The van der Waals surface area contributed by atoms with E-state index in [1.807, 2.05) is 51.1 Å². The topological polar surface area (TPSA) is 84.3 Å². The number of rotatable bonds is 7. The van der Waals surface area contributed by atoms with Crippen LogP contribution in [-0.2, 0) is 11.3 Å². The lowest BCUT2D eigenvalue weighted by atomic mass is 10.1. The number of fused-ring (bicyclic) bond motifs is 1. The van der Waals surface area contributed by atoms with Gasteiger partial charge in [-0.3, -0.25) is 19.0 Å². The van der Waals surface area contributed by atoms with Gasteiger partial charge in [0.05, 0.1) is 22.6 Å². The SMILES string of the molecule is CCN(CC)C(=O)Cn1cnc2sc(C(=O)N[C@H](C)c3ccccc3)c(C)c2c1=O. The Labute approximate surface area is 179 Å². The fraction of sp³-hybridized carbons (Fsp3) is 0.364. The Morgan fingerprint density at radius 3 is 2.50 bits per heavy atom. The van der Waals surface area contributed by atoms with Crippen molar-refractivity contribution in [2.45, 2.75) is 40.3 Å². The molecule has 0 radical (unpaired) electrons. The van der Waals surface area contributed by atoms with E-state index in [-0.39, 0.29) is 30.0 Å². The minimum Gasteiger partial charge on any atom is -0.345 e. The number of amides is 2. The van der Waals surface area contributed by atoms with Crippen molar-refractivity contribution in [3.05, 3.63) is 63.0 Å². The molecule has 30 heavy (non-hydrogen) atoms. The molecule has 0 saturated heterocycles. The molecule has 8 heteroatoms. The Balaban J connectivity index is 1.88. The first kappa shape index (κ1) is 21.7. The van der Waals surface area contributed by atoms with Gasteiger partial charge in [-0.1, -0.05) is 30.3 Å². The maximum absolute atomic E-state index is 13.0. The second-order valence-electron chi connectivity index (χ2n) is 7.09. The highest BCUT2D eigenvalue weighted by Crippen LogP contribution is 2.27. The van der Waals surface area contributed by atoms with E-state index in [1.165, 1.54) is 22.2 Å². The first-order chi connectivity index (χ1) is 14.4. The maximum Gasteiger partial charge on any atom is 0.262 e. The molecule has 0 saturated carbocycles. The minimum absolute atomic E-state index is 0.0642. The zero-order chi connectivity index (χ0) is 21.8. The fourth-order valence-corrected chi connectivity index (χ4v) is 4.44. The molecule has 0 aliphatic rings. The second kappa shape index (κ2) is 9.21. The summed E-state index contributed by atoms with van der Waals surface area (Å²) < 4.78 is 1.32. The normalized spacial score (nSPS) is 12.0. The monoisotopic (exact) mass is 426 g/mol. The van der Waals surface area contributed by atoms with Crippen molar-refractivity contribution in [2.24, 2.45) is 0 Å². The number of carbonyl (C=O) groups excluding carboxylic acids is 2. The Bertz CT molecular complexity index is 1120. The van der Waals surface area contributed by atoms with Gasteiger partial charge in [-0.05, 0) is 38.8 Å². The minimum atomic E-state index is -0.301. The van der Waals surface area contributed by atoms with Crippen LogP contribution in [-0.4, -0.2) is 39.4 Å². The Kier molecular flexibility index (Phi) is 6.66. The highest BCUT2D eigenvalue weighted by Gasteiger charge is 2.22. The van der Waals surface area contributed by atoms with Crippen LogP contribution in [0.15, 0.2) is 41.5 Å². The molecule has 3 aromatic rings. The summed E-state index contributed by atoms with van der Waals surface area (Å²) in [5, 5.41) is 3.38. The lowest BCUT2D eigenvalue weighted by Crippen LogP contribution is -2.36. The number of nitrogens with zero attached hydrogens (tertiary/aromatic N) is 3. The molecule has 1 aromatic carbocycles. The number of carbonyl (C=O) groups is 2. The molecule has 1 atom stereocenters. The molecular weight excluding hydrogens is 400 g/mol. The standard InChI is InChI=1S/C22H26N4O3S/c1-5-25(6-2)17(27)12-26-13-23-21-18(22(26)29)14(3)19(30-21)20(28)24-15(4)16-10-8-7-9-11-16/h7-11,13,15H,5-6,12H2,1-4H3,(H,24,28)/t15-/m1/s1. The zero-order valence-electron chi connectivity index (χ0n) is 17.6. The Morgan fingerprint density at radius 2 is 1.87 bits per heavy atom. The van der Waals surface area contributed by atoms with Crippen LogP contribution in [0.3, 0.4) is 0 Å². The predicted molar refractivity (Wildman–Crippen MR) is 119 cm³/mol. The maximum atomic E-state index is 13.0. The molecule has 2 aromatic heterocycles. The van der Waals surface area contributed by atoms with E-state index in [0.717, 1.165) is 5.56 Å². The molecule has 158 valence electrons. The van der Waals surface area contributed by atoms with Crippen LogP contribution in [0, 0.1) is 6.92 Å². The summed E-state index contributed by atoms with van der Waals surface area (Å²) >= 11 is 1.19. The molecular formula is C22H26N4O3S. The van der Waals surface area contributed by atoms with E-state index >= 15 is 0 Å². The predicted octanol–water partition coefficient (Wildman–Crippen LogP) is 3.13. The van der Waals surface area contributed by atoms with Crippen LogP contribution < -0.4 is 10.9 Å². The van der Waals surface area contributed by atoms with Crippen LogP contribution in [0.2, 0.25) is 0 Å². The molecule has 7 nitrogen and oxygen atoms in total. The summed E-state index contributed by atoms with van der Waals surface area (Å²) in [5.74, 6) is -0.372. The molecule has 2 amide bonds. The van der Waals surface area contributed by atoms with Gasteiger partial charge in [-0.15, -0.1) is 11.3 Å². The van der Waals surface area contributed by atoms with E-state index < -0.39 is 0 Å². The first-order valence-electron chi connectivity index (χ1n) is 9.99. The van der Waals surface area contributed by atoms with Crippen molar-refractivity contribution in [3.63, 3.8) is 0 Å². The third kappa shape index (κ3) is 4.28. The molecule has 0 spiro atoms. The van der Waals surface area contributed by atoms with Crippen molar-refractivity contribution >= 4 is 33.4 Å². The number of nitrogens with one attached hydrogen (secondary N) is 1. The van der Waals surface area contributed by atoms with Crippen molar-refractivity contribution in [3.8, 4) is 0 Å². The van der Waals surface area contributed by atoms with Gasteiger partial charge >= 0.3 is 0 Å². The first-order valence-corrected chi connectivity index (χ1v) is 10.8. The lowest BCUT2D eigenvalue weighted by molar-refractivity contribution is -0.131. The van der Waals surface area contributed by atoms with Gasteiger partial charge in [0.2, 0.25) is 5.91 Å². The van der Waals surface area contributed by atoms with Gasteiger partial charge in [-0.25, -0.2) is 4.98 Å². The molecule has 1 N–H and O–H groups in total. The molecule has 0 bridgehead atoms. The number of thiophene rings is 1. The Morgan fingerprint density at radius 1 is 1.20 bits per heavy atom. The molecule has 0 unspecified atom stereocenters. The quantitative estimate of drug-likeness (QED) is 0.629. The highest BCUT2D eigenvalue weighted by atomic mass is 32.1. The zero-order valence-corrected chi connectivity index (χ0v) is 18.5. The number of aromatic nitrogens is 2. The molecule has 2 heterocycles. The fourth-order valence-electron chi connectivity index (χ4n) is 3.40. The molecule has 3 rings (SSSR count). The van der Waals surface area contributed by atoms with Gasteiger partial charge in [0, 0.05) is 13.1 Å². The van der Waals surface area contributed by atoms with E-state index in [4.69, 9.17) is 0 Å². The van der Waals surface area contributed by atoms with Gasteiger partial charge in [0.15, 0.2) is 0 Å². The summed E-state index contributed by atoms with van der Waals surface area (Å²) in [7, 11) is 0. The summed E-state index contributed by atoms with van der Waals surface area (Å²) in [6.45, 7) is 8.57. The summed E-state index contributed by atoms with van der Waals surface area (Å²) in [4.78, 5) is 45.2. The molecule has 0 aliphatic carbocycles. The van der Waals surface area contributed by atoms with Gasteiger partial charge in [0.25, 0.3) is 11.5 Å². The smallest absolute Gasteiger partial charge is 0.262 e. The number of hydrogen-bond acceptors (Lipinski definition) is 5. The number of hydrogen-bond donors (Lipinski definition) is 1. The van der Waals surface area contributed by atoms with Crippen LogP contribution in [0.1, 0.15) is 47.6 Å². The third-order valence-corrected chi connectivity index (χ3v) is 6.39. The van der Waals surface area contributed by atoms with Crippen molar-refractivity contribution in [1.82, 2.24) is 19.8 Å². The van der Waals surface area contributed by atoms with E-state index in [9.17, 15) is 14.4 Å². The van der Waals surface area contributed by atoms with Crippen LogP contribution in [0.4, 0.5) is 0 Å². The van der Waals surface area contributed by atoms with Gasteiger partial charge in [0.1, 0.15) is 11.4 Å². The largest absolute Gasteiger partial charge is 0.345 e. The van der Waals surface area contributed by atoms with Crippen LogP contribution in [0.5, 0.6) is 0 Å². The van der Waals surface area contributed by atoms with E-state index in [1.54, 1.807) is 11.8 Å². The number of benzene rings is 1. The summed E-state index contributed by atoms with van der Waals surface area (Å²) in [6.07, 6.45) is 1.39. The number of aryl methyl sites for hydroxylation is 1. The van der Waals surface area contributed by atoms with Crippen LogP contribution in [0.25, 0.3) is 10.2 Å². The van der Waals surface area contributed by atoms with Crippen molar-refractivity contribution in [2.75, 3.05) is 13.1 Å². The van der Waals surface area contributed by atoms with Gasteiger partial charge < -0.3 is 10.2 Å².